The van der Waals surface area contributed by atoms with E-state index in [9.17, 15) is 28.7 Å². The molecule has 2 aliphatic heterocycles. The third kappa shape index (κ3) is 4.90. The van der Waals surface area contributed by atoms with Crippen molar-refractivity contribution in [1.29, 1.82) is 0 Å². The molecule has 3 aromatic rings. The van der Waals surface area contributed by atoms with E-state index in [-0.39, 0.29) is 35.5 Å². The first kappa shape index (κ1) is 26.5. The van der Waals surface area contributed by atoms with E-state index in [0.29, 0.717) is 12.0 Å². The van der Waals surface area contributed by atoms with E-state index in [1.807, 2.05) is 20.5 Å². The number of carboxylic acids is 1. The molecule has 1 saturated heterocycles. The summed E-state index contributed by atoms with van der Waals surface area (Å²) in [6.07, 6.45) is 4.21. The number of nitrogens with zero attached hydrogens (tertiary/aromatic N) is 6. The molecule has 3 aromatic heterocycles. The molecule has 0 spiro atoms. The molecule has 5 heterocycles. The Morgan fingerprint density at radius 2 is 2.26 bits per heavy atom. The largest absolute Gasteiger partial charge is 0.477 e. The first-order valence-corrected chi connectivity index (χ1v) is 13.7. The monoisotopic (exact) mass is 596 g/mol. The number of amides is 3. The second-order valence-corrected chi connectivity index (χ2v) is 10.8. The molecule has 3 amide bonds. The normalized spacial score (nSPS) is 19.1. The molecular formula is C20H19FN9O6S3+. The van der Waals surface area contributed by atoms with Crippen LogP contribution in [0.15, 0.2) is 34.3 Å². The lowest BCUT2D eigenvalue weighted by Crippen LogP contribution is -2.71. The van der Waals surface area contributed by atoms with Crippen molar-refractivity contribution < 1.29 is 37.9 Å². The fourth-order valence-corrected chi connectivity index (χ4v) is 6.86. The summed E-state index contributed by atoms with van der Waals surface area (Å²) in [6.45, 7) is -0.912. The number of aromatic nitrogens is 4. The average Bonchev–Trinajstić information content (AvgIpc) is 3.63. The van der Waals surface area contributed by atoms with Crippen LogP contribution in [-0.4, -0.2) is 77.9 Å². The van der Waals surface area contributed by atoms with Gasteiger partial charge in [-0.05, 0) is 0 Å². The van der Waals surface area contributed by atoms with Gasteiger partial charge in [0.1, 0.15) is 29.9 Å². The molecule has 0 aromatic carbocycles. The smallest absolute Gasteiger partial charge is 0.352 e. The summed E-state index contributed by atoms with van der Waals surface area (Å²) in [4.78, 5) is 59.4. The maximum atomic E-state index is 13.1. The first-order valence-electron chi connectivity index (χ1n) is 11.0. The van der Waals surface area contributed by atoms with Crippen molar-refractivity contribution in [3.8, 4) is 0 Å². The number of carbonyl (C=O) groups is 4. The molecule has 39 heavy (non-hydrogen) atoms. The third-order valence-corrected chi connectivity index (χ3v) is 8.63. The predicted molar refractivity (Wildman–Crippen MR) is 136 cm³/mol. The minimum atomic E-state index is -1.31. The molecule has 5 N–H and O–H groups in total. The summed E-state index contributed by atoms with van der Waals surface area (Å²) >= 11 is 3.53. The van der Waals surface area contributed by atoms with Gasteiger partial charge in [-0.15, -0.1) is 11.8 Å². The molecule has 204 valence electrons. The van der Waals surface area contributed by atoms with E-state index in [1.54, 1.807) is 6.33 Å². The number of nitrogen functional groups attached to an aromatic ring is 1. The molecule has 2 aliphatic rings. The minimum Gasteiger partial charge on any atom is -0.477 e. The van der Waals surface area contributed by atoms with Gasteiger partial charge in [-0.25, -0.2) is 13.8 Å². The number of hydrogen-bond donors (Lipinski definition) is 4. The summed E-state index contributed by atoms with van der Waals surface area (Å²) in [7, 11) is 0. The van der Waals surface area contributed by atoms with Crippen LogP contribution in [0.1, 0.15) is 11.5 Å². The number of hydrogen-bond acceptors (Lipinski definition) is 12. The Balaban J connectivity index is 1.37. The molecule has 0 bridgehead atoms. The van der Waals surface area contributed by atoms with Gasteiger partial charge in [0, 0.05) is 28.2 Å². The van der Waals surface area contributed by atoms with Crippen LogP contribution in [0.25, 0.3) is 4.83 Å². The van der Waals surface area contributed by atoms with Gasteiger partial charge in [-0.1, -0.05) is 16.5 Å². The number of β-lactam (4-membered cyclic amide) rings is 1. The van der Waals surface area contributed by atoms with E-state index >= 15 is 0 Å². The van der Waals surface area contributed by atoms with Gasteiger partial charge in [0.05, 0.1) is 6.54 Å². The molecule has 1 fully saturated rings. The standard InChI is InChI=1S/C20H18FN9O6S3/c21-6-36-26-11(14-25-20(22)39-27-14)15(32)24-12-16(33)30-13(19(34)35)9(5-38-18(12)30)4-29-8-28-1-2-37-17(28)10(29)3-23-7-31/h1-2,7-8,12,18H,3-6H2,(H4-,22,23,24,25,27,31,32,34,35)/p+1/b26-11-/t12-,18-/m1/s1. The topological polar surface area (TPSA) is 198 Å². The van der Waals surface area contributed by atoms with Gasteiger partial charge in [-0.3, -0.25) is 19.3 Å². The van der Waals surface area contributed by atoms with Gasteiger partial charge in [0.2, 0.25) is 29.1 Å². The van der Waals surface area contributed by atoms with Gasteiger partial charge in [0.15, 0.2) is 10.8 Å². The number of nitrogens with one attached hydrogen (secondary N) is 2. The van der Waals surface area contributed by atoms with Crippen LogP contribution in [-0.2, 0) is 37.1 Å². The highest BCUT2D eigenvalue weighted by atomic mass is 32.2. The molecule has 0 saturated carbocycles. The Hall–Kier alpha value is -4.10. The first-order chi connectivity index (χ1) is 18.8. The highest BCUT2D eigenvalue weighted by Crippen LogP contribution is 2.41. The summed E-state index contributed by atoms with van der Waals surface area (Å²) in [5.74, 6) is -2.79. The number of aliphatic carboxylic acids is 1. The number of carboxylic acid groups (broad SMARTS) is 1. The molecule has 15 nitrogen and oxygen atoms in total. The Bertz CT molecular complexity index is 1530. The molecule has 19 heteroatoms. The number of halogens is 1. The number of oxime groups is 1. The Kier molecular flexibility index (Phi) is 7.44. The van der Waals surface area contributed by atoms with Crippen LogP contribution in [0.2, 0.25) is 0 Å². The van der Waals surface area contributed by atoms with Gasteiger partial charge in [0.25, 0.3) is 18.7 Å². The van der Waals surface area contributed by atoms with Crippen molar-refractivity contribution in [2.45, 2.75) is 24.5 Å². The summed E-state index contributed by atoms with van der Waals surface area (Å²) < 4.78 is 20.1. The number of fused-ring (bicyclic) bond motifs is 2. The number of carbonyl (C=O) groups excluding carboxylic acids is 3. The maximum absolute atomic E-state index is 13.1. The maximum Gasteiger partial charge on any atom is 0.352 e. The van der Waals surface area contributed by atoms with E-state index in [2.05, 4.69) is 30.0 Å². The number of rotatable bonds is 11. The van der Waals surface area contributed by atoms with Gasteiger partial charge < -0.3 is 26.3 Å². The highest BCUT2D eigenvalue weighted by Gasteiger charge is 2.54. The molecule has 0 unspecified atom stereocenters. The van der Waals surface area contributed by atoms with Crippen molar-refractivity contribution in [1.82, 2.24) is 29.5 Å². The number of thioether (sulfide) groups is 1. The van der Waals surface area contributed by atoms with Crippen molar-refractivity contribution in [3.05, 3.63) is 40.7 Å². The van der Waals surface area contributed by atoms with Crippen molar-refractivity contribution >= 4 is 74.5 Å². The zero-order chi connectivity index (χ0) is 27.7. The van der Waals surface area contributed by atoms with Crippen LogP contribution in [0.3, 0.4) is 0 Å². The van der Waals surface area contributed by atoms with Crippen molar-refractivity contribution in [2.24, 2.45) is 5.16 Å². The van der Waals surface area contributed by atoms with E-state index in [1.165, 1.54) is 23.1 Å². The van der Waals surface area contributed by atoms with Gasteiger partial charge in [-0.2, -0.15) is 13.8 Å². The SMILES string of the molecule is Nc1nc(/C(=N/OCF)C(=O)N[C@@H]2C(=O)N3C(C(=O)O)=C(Cn4c[n+]5ccsc5c4CNC=O)CS[C@H]23)ns1. The second-order valence-electron chi connectivity index (χ2n) is 8.06. The van der Waals surface area contributed by atoms with Crippen molar-refractivity contribution in [2.75, 3.05) is 18.3 Å². The molecular weight excluding hydrogens is 577 g/mol. The van der Waals surface area contributed by atoms with Crippen LogP contribution in [0.4, 0.5) is 9.52 Å². The van der Waals surface area contributed by atoms with Gasteiger partial charge >= 0.3 is 5.97 Å². The Morgan fingerprint density at radius 3 is 2.95 bits per heavy atom. The lowest BCUT2D eigenvalue weighted by Gasteiger charge is -2.49. The zero-order valence-corrected chi connectivity index (χ0v) is 22.1. The number of anilines is 1. The van der Waals surface area contributed by atoms with Crippen LogP contribution in [0, 0.1) is 0 Å². The second kappa shape index (κ2) is 10.9. The number of thiazole rings is 1. The fraction of sp³-hybridized carbons (Fsp3) is 0.300. The predicted octanol–water partition coefficient (Wildman–Crippen LogP) is -0.945. The lowest BCUT2D eigenvalue weighted by molar-refractivity contribution is -0.508. The zero-order valence-electron chi connectivity index (χ0n) is 19.6. The summed E-state index contributed by atoms with van der Waals surface area (Å²) in [5.41, 5.74) is 6.16. The van der Waals surface area contributed by atoms with Crippen LogP contribution < -0.4 is 20.8 Å². The van der Waals surface area contributed by atoms with Crippen molar-refractivity contribution in [3.63, 3.8) is 0 Å². The molecule has 0 aliphatic carbocycles. The Labute approximate surface area is 230 Å². The average molecular weight is 597 g/mol. The van der Waals surface area contributed by atoms with Crippen LogP contribution >= 0.6 is 34.6 Å². The quantitative estimate of drug-likeness (QED) is 0.0704. The molecule has 0 radical (unpaired) electrons. The number of nitrogens with two attached hydrogens (primary N) is 1. The minimum absolute atomic E-state index is 0.0364. The number of alkyl halides is 1. The lowest BCUT2D eigenvalue weighted by atomic mass is 10.0. The summed E-state index contributed by atoms with van der Waals surface area (Å²) in [6, 6.07) is -1.08. The van der Waals surface area contributed by atoms with E-state index in [0.717, 1.165) is 27.0 Å². The summed E-state index contributed by atoms with van der Waals surface area (Å²) in [5, 5.41) is 19.8. The van der Waals surface area contributed by atoms with E-state index in [4.69, 9.17) is 5.73 Å². The van der Waals surface area contributed by atoms with Crippen LogP contribution in [0.5, 0.6) is 0 Å². The number of imidazole rings is 1. The molecule has 5 rings (SSSR count). The Morgan fingerprint density at radius 1 is 1.44 bits per heavy atom. The fourth-order valence-electron chi connectivity index (χ4n) is 4.22. The highest BCUT2D eigenvalue weighted by molar-refractivity contribution is 8.00. The third-order valence-electron chi connectivity index (χ3n) is 5.82. The van der Waals surface area contributed by atoms with E-state index < -0.39 is 41.8 Å². The molecule has 2 atom stereocenters.